The van der Waals surface area contributed by atoms with E-state index in [1.165, 1.54) is 19.1 Å². The zero-order valence-electron chi connectivity index (χ0n) is 32.3. The molecule has 51 heavy (non-hydrogen) atoms. The fourth-order valence-corrected chi connectivity index (χ4v) is 7.95. The van der Waals surface area contributed by atoms with E-state index < -0.39 is 33.2 Å². The van der Waals surface area contributed by atoms with Gasteiger partial charge in [-0.3, -0.25) is 19.7 Å². The number of nitro groups is 1. The third-order valence-electron chi connectivity index (χ3n) is 10.4. The van der Waals surface area contributed by atoms with Crippen LogP contribution in [0.15, 0.2) is 100 Å². The van der Waals surface area contributed by atoms with Crippen molar-refractivity contribution < 1.29 is 34.2 Å². The van der Waals surface area contributed by atoms with E-state index in [0.29, 0.717) is 36.8 Å². The van der Waals surface area contributed by atoms with Gasteiger partial charge in [-0.2, -0.15) is 0 Å². The summed E-state index contributed by atoms with van der Waals surface area (Å²) in [6.45, 7) is 20.4. The summed E-state index contributed by atoms with van der Waals surface area (Å²) in [5.74, 6) is -0.383. The van der Waals surface area contributed by atoms with Crippen LogP contribution in [0, 0.1) is 20.9 Å². The van der Waals surface area contributed by atoms with Gasteiger partial charge in [-0.05, 0) is 88.0 Å². The van der Waals surface area contributed by atoms with Gasteiger partial charge in [0.05, 0.1) is 22.2 Å². The Balaban J connectivity index is 1.65. The largest absolute Gasteiger partial charge is 0.462 e. The van der Waals surface area contributed by atoms with Crippen LogP contribution in [0.25, 0.3) is 0 Å². The predicted molar refractivity (Wildman–Crippen MR) is 200 cm³/mol. The maximum Gasteiger partial charge on any atom is 0.302 e. The third-order valence-corrected chi connectivity index (χ3v) is 10.4. The number of allylic oxidation sites excluding steroid dienone is 13. The summed E-state index contributed by atoms with van der Waals surface area (Å²) in [7, 11) is 0. The van der Waals surface area contributed by atoms with Crippen molar-refractivity contribution in [1.29, 1.82) is 0 Å². The predicted octanol–water partition coefficient (Wildman–Crippen LogP) is 8.30. The number of epoxide rings is 1. The van der Waals surface area contributed by atoms with Gasteiger partial charge in [0.2, 0.25) is 0 Å². The number of aliphatic hydroxyl groups excluding tert-OH is 1. The summed E-state index contributed by atoms with van der Waals surface area (Å²) in [5.41, 5.74) is 3.88. The molecule has 3 aliphatic rings. The number of carbonyl (C=O) groups is 2. The Morgan fingerprint density at radius 2 is 1.53 bits per heavy atom. The molecule has 0 radical (unpaired) electrons. The van der Waals surface area contributed by atoms with Gasteiger partial charge >= 0.3 is 5.97 Å². The standard InChI is InChI=1S/C42H57NO8/c1-28(14-12-15-29(2)19-21-37-38(6,7)25-35(50-32(5)44)26-40(37,10)47)18-20-33(43(48)49)22-30(3)16-13-17-31(4)36(46)27-42-39(8,9)23-34(45)24-41(42,11)51-42/h12-20,22,34-35,45,47H,23-27H2,1-11H3/b14-12+,16-13-,28-18+,29-15-,30-22+,31-17+,33-20-/t21?,34-,35-,40+,41+,42-/m0/s1. The highest BCUT2D eigenvalue weighted by atomic mass is 16.6. The van der Waals surface area contributed by atoms with E-state index in [1.54, 1.807) is 45.1 Å². The Bertz CT molecular complexity index is 1670. The van der Waals surface area contributed by atoms with Crippen molar-refractivity contribution in [3.05, 3.63) is 110 Å². The van der Waals surface area contributed by atoms with E-state index in [1.807, 2.05) is 72.8 Å². The highest BCUT2D eigenvalue weighted by molar-refractivity contribution is 5.96. The Morgan fingerprint density at radius 3 is 2.12 bits per heavy atom. The summed E-state index contributed by atoms with van der Waals surface area (Å²) in [6, 6.07) is 0. The second-order valence-corrected chi connectivity index (χ2v) is 16.3. The zero-order valence-corrected chi connectivity index (χ0v) is 32.3. The summed E-state index contributed by atoms with van der Waals surface area (Å²) < 4.78 is 11.6. The number of esters is 1. The lowest BCUT2D eigenvalue weighted by atomic mass is 9.61. The van der Waals surface area contributed by atoms with E-state index in [9.17, 15) is 29.9 Å². The first-order valence-corrected chi connectivity index (χ1v) is 17.6. The van der Waals surface area contributed by atoms with Gasteiger partial charge in [0.15, 0.2) is 5.78 Å². The van der Waals surface area contributed by atoms with Crippen LogP contribution >= 0.6 is 0 Å². The molecule has 0 unspecified atom stereocenters. The highest BCUT2D eigenvalue weighted by Crippen LogP contribution is 2.67. The van der Waals surface area contributed by atoms with Crippen molar-refractivity contribution in [2.75, 3.05) is 0 Å². The number of Topliss-reactive ketones (excluding diaryl/α,β-unsaturated/α-hetero) is 1. The Hall–Kier alpha value is -3.88. The molecule has 5 atom stereocenters. The lowest BCUT2D eigenvalue weighted by Crippen LogP contribution is -2.48. The minimum absolute atomic E-state index is 0.0240. The van der Waals surface area contributed by atoms with Crippen molar-refractivity contribution >= 4 is 11.8 Å². The average Bonchev–Trinajstić information content (AvgIpc) is 3.57. The molecule has 1 heterocycles. The number of fused-ring (bicyclic) bond motifs is 1. The van der Waals surface area contributed by atoms with Crippen molar-refractivity contribution in [3.8, 4) is 0 Å². The minimum atomic E-state index is -1.17. The van der Waals surface area contributed by atoms with Crippen molar-refractivity contribution in [2.24, 2.45) is 10.8 Å². The molecular formula is C42H57NO8. The molecular weight excluding hydrogens is 646 g/mol. The molecule has 278 valence electrons. The van der Waals surface area contributed by atoms with Crippen LogP contribution in [-0.2, 0) is 19.1 Å². The monoisotopic (exact) mass is 703 g/mol. The molecule has 0 spiro atoms. The number of ketones is 1. The van der Waals surface area contributed by atoms with Crippen molar-refractivity contribution in [3.63, 3.8) is 0 Å². The molecule has 3 rings (SSSR count). The Morgan fingerprint density at radius 1 is 0.902 bits per heavy atom. The van der Waals surface area contributed by atoms with Crippen molar-refractivity contribution in [1.82, 2.24) is 0 Å². The molecule has 0 bridgehead atoms. The molecule has 2 aliphatic carbocycles. The zero-order chi connectivity index (χ0) is 38.6. The molecule has 9 nitrogen and oxygen atoms in total. The lowest BCUT2D eigenvalue weighted by Gasteiger charge is -2.44. The molecule has 1 saturated heterocycles. The van der Waals surface area contributed by atoms with E-state index in [0.717, 1.165) is 16.7 Å². The third kappa shape index (κ3) is 10.4. The van der Waals surface area contributed by atoms with Crippen LogP contribution in [0.3, 0.4) is 0 Å². The second-order valence-electron chi connectivity index (χ2n) is 16.3. The van der Waals surface area contributed by atoms with Gasteiger partial charge in [0.25, 0.3) is 5.70 Å². The van der Waals surface area contributed by atoms with Crippen molar-refractivity contribution in [2.45, 2.75) is 137 Å². The summed E-state index contributed by atoms with van der Waals surface area (Å²) in [4.78, 5) is 35.9. The first kappa shape index (κ1) is 41.5. The van der Waals surface area contributed by atoms with Gasteiger partial charge in [-0.15, -0.1) is 5.73 Å². The number of ether oxygens (including phenoxy) is 2. The number of aliphatic hydroxyl groups is 2. The fourth-order valence-electron chi connectivity index (χ4n) is 7.95. The first-order chi connectivity index (χ1) is 23.4. The highest BCUT2D eigenvalue weighted by Gasteiger charge is 2.76. The average molecular weight is 704 g/mol. The van der Waals surface area contributed by atoms with Gasteiger partial charge in [0.1, 0.15) is 11.7 Å². The number of hydrogen-bond donors (Lipinski definition) is 2. The van der Waals surface area contributed by atoms with Crippen LogP contribution in [-0.4, -0.2) is 55.9 Å². The second kappa shape index (κ2) is 15.8. The quantitative estimate of drug-likeness (QED) is 0.0394. The first-order valence-electron chi connectivity index (χ1n) is 17.6. The number of carbonyl (C=O) groups excluding carboxylic acids is 2. The SMILES string of the molecule is CC(=O)O[C@H]1CC(C)(C)C(=C=C\C(C)=C/C=C/C(C)=C/C=C(/C=C(C)/C=C\C=C(/C)C(=O)C[C@@]23O[C@]2(C)C[C@@H](O)CC3(C)C)[N+](=O)[O-])[C@](C)(O)C1. The maximum atomic E-state index is 13.1. The smallest absolute Gasteiger partial charge is 0.302 e. The van der Waals surface area contributed by atoms with E-state index in [-0.39, 0.29) is 35.4 Å². The summed E-state index contributed by atoms with van der Waals surface area (Å²) in [6.07, 6.45) is 18.6. The van der Waals surface area contributed by atoms with E-state index >= 15 is 0 Å². The minimum Gasteiger partial charge on any atom is -0.462 e. The van der Waals surface area contributed by atoms with E-state index in [4.69, 9.17) is 9.47 Å². The normalized spacial score (nSPS) is 31.3. The number of rotatable bonds is 12. The molecule has 2 saturated carbocycles. The maximum absolute atomic E-state index is 13.1. The van der Waals surface area contributed by atoms with Gasteiger partial charge < -0.3 is 19.7 Å². The van der Waals surface area contributed by atoms with Gasteiger partial charge in [-0.1, -0.05) is 75.8 Å². The summed E-state index contributed by atoms with van der Waals surface area (Å²) >= 11 is 0. The number of hydrogen-bond acceptors (Lipinski definition) is 8. The Labute approximate surface area is 303 Å². The summed E-state index contributed by atoms with van der Waals surface area (Å²) in [5, 5.41) is 33.2. The molecule has 1 aliphatic heterocycles. The van der Waals surface area contributed by atoms with Crippen LogP contribution in [0.5, 0.6) is 0 Å². The molecule has 9 heteroatoms. The van der Waals surface area contributed by atoms with Crippen LogP contribution in [0.4, 0.5) is 0 Å². The van der Waals surface area contributed by atoms with E-state index in [2.05, 4.69) is 5.73 Å². The number of nitrogens with zero attached hydrogens (tertiary/aromatic N) is 1. The van der Waals surface area contributed by atoms with Gasteiger partial charge in [0, 0.05) is 43.9 Å². The molecule has 3 fully saturated rings. The Kier molecular flexibility index (Phi) is 12.9. The molecule has 0 aromatic rings. The lowest BCUT2D eigenvalue weighted by molar-refractivity contribution is -0.419. The molecule has 0 aromatic heterocycles. The topological polar surface area (TPSA) is 140 Å². The van der Waals surface area contributed by atoms with Crippen LogP contribution in [0.2, 0.25) is 0 Å². The molecule has 0 aromatic carbocycles. The van der Waals surface area contributed by atoms with Crippen LogP contribution in [0.1, 0.15) is 108 Å². The molecule has 2 N–H and O–H groups in total. The van der Waals surface area contributed by atoms with Gasteiger partial charge in [-0.25, -0.2) is 0 Å². The van der Waals surface area contributed by atoms with Crippen LogP contribution < -0.4 is 0 Å². The fraction of sp³-hybridized carbons (Fsp3) is 0.548. The molecule has 0 amide bonds.